The zero-order valence-corrected chi connectivity index (χ0v) is 9.78. The Kier molecular flexibility index (Phi) is 3.12. The summed E-state index contributed by atoms with van der Waals surface area (Å²) < 4.78 is 51.6. The predicted octanol–water partition coefficient (Wildman–Crippen LogP) is 1.71. The molecule has 2 rings (SSSR count). The minimum Gasteiger partial charge on any atom is -0.398 e. The molecule has 0 atom stereocenters. The highest BCUT2D eigenvalue weighted by molar-refractivity contribution is 5.98. The molecular weight excluding hydrogens is 280 g/mol. The first-order chi connectivity index (χ1) is 9.20. The third-order valence-electron chi connectivity index (χ3n) is 2.51. The number of halogens is 4. The quantitative estimate of drug-likeness (QED) is 0.651. The Bertz CT molecular complexity index is 678. The van der Waals surface area contributed by atoms with Crippen LogP contribution in [0.4, 0.5) is 23.2 Å². The maximum atomic E-state index is 13.7. The number of amides is 1. The molecule has 0 aliphatic heterocycles. The van der Waals surface area contributed by atoms with Gasteiger partial charge in [-0.3, -0.25) is 4.79 Å². The highest BCUT2D eigenvalue weighted by Gasteiger charge is 2.33. The van der Waals surface area contributed by atoms with Crippen LogP contribution in [0.25, 0.3) is 5.69 Å². The van der Waals surface area contributed by atoms with Crippen LogP contribution in [0.3, 0.4) is 0 Å². The number of carbonyl (C=O) groups excluding carboxylic acids is 1. The van der Waals surface area contributed by atoms with Crippen LogP contribution in [0, 0.1) is 5.82 Å². The molecule has 0 fully saturated rings. The van der Waals surface area contributed by atoms with Gasteiger partial charge in [-0.05, 0) is 18.2 Å². The molecule has 1 heterocycles. The molecule has 0 saturated heterocycles. The Morgan fingerprint density at radius 1 is 1.30 bits per heavy atom. The lowest BCUT2D eigenvalue weighted by molar-refractivity contribution is -0.141. The number of aromatic nitrogens is 2. The van der Waals surface area contributed by atoms with Crippen molar-refractivity contribution in [2.45, 2.75) is 6.18 Å². The van der Waals surface area contributed by atoms with Crippen molar-refractivity contribution < 1.29 is 22.4 Å². The zero-order chi connectivity index (χ0) is 15.1. The summed E-state index contributed by atoms with van der Waals surface area (Å²) in [5.74, 6) is -1.85. The van der Waals surface area contributed by atoms with Crippen molar-refractivity contribution in [3.05, 3.63) is 41.5 Å². The van der Waals surface area contributed by atoms with Crippen molar-refractivity contribution in [3.63, 3.8) is 0 Å². The molecular formula is C11H8F4N4O. The van der Waals surface area contributed by atoms with Crippen LogP contribution < -0.4 is 11.5 Å². The zero-order valence-electron chi connectivity index (χ0n) is 9.78. The van der Waals surface area contributed by atoms with Crippen molar-refractivity contribution in [1.82, 2.24) is 9.78 Å². The van der Waals surface area contributed by atoms with Crippen molar-refractivity contribution in [3.8, 4) is 5.69 Å². The number of alkyl halides is 3. The van der Waals surface area contributed by atoms with Gasteiger partial charge in [-0.25, -0.2) is 9.07 Å². The number of benzene rings is 1. The molecule has 0 radical (unpaired) electrons. The van der Waals surface area contributed by atoms with E-state index in [0.29, 0.717) is 10.7 Å². The van der Waals surface area contributed by atoms with Crippen LogP contribution in [0.1, 0.15) is 16.1 Å². The minimum absolute atomic E-state index is 0.203. The lowest BCUT2D eigenvalue weighted by atomic mass is 10.1. The van der Waals surface area contributed by atoms with Gasteiger partial charge < -0.3 is 11.5 Å². The SMILES string of the molecule is NC(=O)c1cc(-n2ccc(C(F)(F)F)n2)c(F)cc1N. The van der Waals surface area contributed by atoms with Crippen LogP contribution in [-0.2, 0) is 6.18 Å². The van der Waals surface area contributed by atoms with Gasteiger partial charge in [-0.1, -0.05) is 0 Å². The number of nitrogens with two attached hydrogens (primary N) is 2. The summed E-state index contributed by atoms with van der Waals surface area (Å²) in [4.78, 5) is 11.1. The molecule has 9 heteroatoms. The van der Waals surface area contributed by atoms with E-state index >= 15 is 0 Å². The smallest absolute Gasteiger partial charge is 0.398 e. The number of hydrogen-bond donors (Lipinski definition) is 2. The van der Waals surface area contributed by atoms with E-state index in [2.05, 4.69) is 5.10 Å². The predicted molar refractivity (Wildman–Crippen MR) is 61.5 cm³/mol. The van der Waals surface area contributed by atoms with Crippen LogP contribution in [0.2, 0.25) is 0 Å². The molecule has 4 N–H and O–H groups in total. The second kappa shape index (κ2) is 4.51. The standard InChI is InChI=1S/C11H8F4N4O/c12-6-4-7(16)5(10(17)20)3-8(6)19-2-1-9(18-19)11(13,14)15/h1-4H,16H2,(H2,17,20). The fraction of sp³-hybridized carbons (Fsp3) is 0.0909. The van der Waals surface area contributed by atoms with Crippen molar-refractivity contribution in [1.29, 1.82) is 0 Å². The lowest BCUT2D eigenvalue weighted by Gasteiger charge is -2.08. The second-order valence-electron chi connectivity index (χ2n) is 3.90. The highest BCUT2D eigenvalue weighted by atomic mass is 19.4. The van der Waals surface area contributed by atoms with Crippen LogP contribution in [0.15, 0.2) is 24.4 Å². The molecule has 5 nitrogen and oxygen atoms in total. The fourth-order valence-electron chi connectivity index (χ4n) is 1.58. The molecule has 2 aromatic rings. The molecule has 0 saturated carbocycles. The van der Waals surface area contributed by atoms with Gasteiger partial charge in [0.2, 0.25) is 0 Å². The topological polar surface area (TPSA) is 86.9 Å². The molecule has 0 bridgehead atoms. The number of primary amides is 1. The third-order valence-corrected chi connectivity index (χ3v) is 2.51. The van der Waals surface area contributed by atoms with E-state index in [1.807, 2.05) is 0 Å². The molecule has 1 aromatic carbocycles. The first-order valence-corrected chi connectivity index (χ1v) is 5.22. The normalized spacial score (nSPS) is 11.6. The molecule has 106 valence electrons. The Hall–Kier alpha value is -2.58. The van der Waals surface area contributed by atoms with E-state index in [4.69, 9.17) is 11.5 Å². The number of hydrogen-bond acceptors (Lipinski definition) is 3. The third kappa shape index (κ3) is 2.42. The number of carbonyl (C=O) groups is 1. The van der Waals surface area contributed by atoms with E-state index in [1.54, 1.807) is 0 Å². The van der Waals surface area contributed by atoms with Crippen LogP contribution in [0.5, 0.6) is 0 Å². The monoisotopic (exact) mass is 288 g/mol. The highest BCUT2D eigenvalue weighted by Crippen LogP contribution is 2.28. The van der Waals surface area contributed by atoms with Gasteiger partial charge in [0.1, 0.15) is 5.69 Å². The number of anilines is 1. The summed E-state index contributed by atoms with van der Waals surface area (Å²) in [6.07, 6.45) is -3.73. The number of rotatable bonds is 2. The molecule has 20 heavy (non-hydrogen) atoms. The Morgan fingerprint density at radius 3 is 2.45 bits per heavy atom. The first kappa shape index (κ1) is 13.8. The molecule has 0 aliphatic carbocycles. The summed E-state index contributed by atoms with van der Waals surface area (Å²) >= 11 is 0. The summed E-state index contributed by atoms with van der Waals surface area (Å²) in [6, 6.07) is 2.42. The molecule has 0 spiro atoms. The van der Waals surface area contributed by atoms with Crippen molar-refractivity contribution in [2.75, 3.05) is 5.73 Å². The fourth-order valence-corrected chi connectivity index (χ4v) is 1.58. The van der Waals surface area contributed by atoms with Gasteiger partial charge in [-0.15, -0.1) is 0 Å². The molecule has 0 aliphatic rings. The molecule has 1 amide bonds. The van der Waals surface area contributed by atoms with Gasteiger partial charge in [0, 0.05) is 11.9 Å². The minimum atomic E-state index is -4.65. The number of nitrogens with zero attached hydrogens (tertiary/aromatic N) is 2. The summed E-state index contributed by atoms with van der Waals surface area (Å²) in [6.45, 7) is 0. The number of nitrogen functional groups attached to an aromatic ring is 1. The molecule has 0 unspecified atom stereocenters. The maximum absolute atomic E-state index is 13.7. The average molecular weight is 288 g/mol. The summed E-state index contributed by atoms with van der Waals surface area (Å²) in [5.41, 5.74) is 8.47. The summed E-state index contributed by atoms with van der Waals surface area (Å²) in [7, 11) is 0. The van der Waals surface area contributed by atoms with Gasteiger partial charge in [-0.2, -0.15) is 18.3 Å². The van der Waals surface area contributed by atoms with E-state index in [1.165, 1.54) is 0 Å². The van der Waals surface area contributed by atoms with Gasteiger partial charge in [0.05, 0.1) is 5.56 Å². The second-order valence-corrected chi connectivity index (χ2v) is 3.90. The maximum Gasteiger partial charge on any atom is 0.435 e. The van der Waals surface area contributed by atoms with Crippen LogP contribution in [-0.4, -0.2) is 15.7 Å². The van der Waals surface area contributed by atoms with Gasteiger partial charge in [0.25, 0.3) is 5.91 Å². The largest absolute Gasteiger partial charge is 0.435 e. The Labute approximate surface area is 109 Å². The van der Waals surface area contributed by atoms with E-state index in [0.717, 1.165) is 18.3 Å². The van der Waals surface area contributed by atoms with E-state index in [-0.39, 0.29) is 16.9 Å². The first-order valence-electron chi connectivity index (χ1n) is 5.22. The summed E-state index contributed by atoms with van der Waals surface area (Å²) in [5, 5.41) is 3.20. The average Bonchev–Trinajstić information content (AvgIpc) is 2.77. The van der Waals surface area contributed by atoms with Gasteiger partial charge in [0.15, 0.2) is 11.5 Å². The van der Waals surface area contributed by atoms with Crippen LogP contribution >= 0.6 is 0 Å². The Morgan fingerprint density at radius 2 is 1.95 bits per heavy atom. The Balaban J connectivity index is 2.55. The lowest BCUT2D eigenvalue weighted by Crippen LogP contribution is -2.15. The van der Waals surface area contributed by atoms with Crippen molar-refractivity contribution in [2.24, 2.45) is 5.73 Å². The van der Waals surface area contributed by atoms with Crippen molar-refractivity contribution >= 4 is 11.6 Å². The molecule has 1 aromatic heterocycles. The van der Waals surface area contributed by atoms with Gasteiger partial charge >= 0.3 is 6.18 Å². The van der Waals surface area contributed by atoms with E-state index in [9.17, 15) is 22.4 Å². The van der Waals surface area contributed by atoms with E-state index < -0.39 is 23.6 Å².